The van der Waals surface area contributed by atoms with Crippen molar-refractivity contribution in [3.05, 3.63) is 41.0 Å². The molecular weight excluding hydrogens is 162 g/mol. The second-order valence-electron chi connectivity index (χ2n) is 3.29. The summed E-state index contributed by atoms with van der Waals surface area (Å²) in [6.45, 7) is 0. The standard InChI is InChI=1S/C11H7NO/c13-10-6-8-5-7-3-1-2-4-9(7)11(8)12-10/h1-5H,6H2. The molecule has 0 fully saturated rings. The van der Waals surface area contributed by atoms with Crippen molar-refractivity contribution < 1.29 is 4.79 Å². The number of nitrogens with zero attached hydrogens (tertiary/aromatic N) is 1. The summed E-state index contributed by atoms with van der Waals surface area (Å²) in [5.41, 5.74) is 4.25. The van der Waals surface area contributed by atoms with Gasteiger partial charge in [0.05, 0.1) is 12.1 Å². The topological polar surface area (TPSA) is 29.4 Å². The fraction of sp³-hybridized carbons (Fsp3) is 0.0909. The molecule has 1 aromatic carbocycles. The zero-order chi connectivity index (χ0) is 8.84. The number of carbonyl (C=O) groups excluding carboxylic acids is 1. The van der Waals surface area contributed by atoms with Crippen LogP contribution in [-0.2, 0) is 4.79 Å². The van der Waals surface area contributed by atoms with E-state index in [1.807, 2.05) is 24.3 Å². The molecule has 0 unspecified atom stereocenters. The highest BCUT2D eigenvalue weighted by molar-refractivity contribution is 6.28. The molecule has 0 radical (unpaired) electrons. The van der Waals surface area contributed by atoms with Gasteiger partial charge in [-0.05, 0) is 17.2 Å². The van der Waals surface area contributed by atoms with E-state index in [2.05, 4.69) is 11.1 Å². The Hall–Kier alpha value is -1.70. The maximum atomic E-state index is 11.0. The average Bonchev–Trinajstić information content (AvgIpc) is 2.60. The predicted octanol–water partition coefficient (Wildman–Crippen LogP) is 1.80. The number of fused-ring (bicyclic) bond motifs is 3. The summed E-state index contributed by atoms with van der Waals surface area (Å²) >= 11 is 0. The van der Waals surface area contributed by atoms with Crippen molar-refractivity contribution in [2.45, 2.75) is 6.42 Å². The molecule has 0 aromatic heterocycles. The molecule has 1 aliphatic heterocycles. The molecule has 0 atom stereocenters. The number of rotatable bonds is 0. The molecular formula is C11H7NO. The van der Waals surface area contributed by atoms with Gasteiger partial charge >= 0.3 is 0 Å². The first-order valence-electron chi connectivity index (χ1n) is 4.26. The predicted molar refractivity (Wildman–Crippen MR) is 50.6 cm³/mol. The molecule has 1 heterocycles. The van der Waals surface area contributed by atoms with Crippen molar-refractivity contribution in [3.8, 4) is 0 Å². The summed E-state index contributed by atoms with van der Waals surface area (Å²) in [5.74, 6) is -0.0178. The molecule has 3 rings (SSSR count). The zero-order valence-electron chi connectivity index (χ0n) is 6.95. The van der Waals surface area contributed by atoms with Crippen LogP contribution in [0.15, 0.2) is 34.8 Å². The summed E-state index contributed by atoms with van der Waals surface area (Å²) in [5, 5.41) is 0. The Balaban J connectivity index is 2.28. The van der Waals surface area contributed by atoms with E-state index in [0.717, 1.165) is 16.8 Å². The van der Waals surface area contributed by atoms with Crippen molar-refractivity contribution >= 4 is 17.7 Å². The van der Waals surface area contributed by atoms with Crippen molar-refractivity contribution in [2.24, 2.45) is 4.99 Å². The Kier molecular flexibility index (Phi) is 1.13. The van der Waals surface area contributed by atoms with Crippen LogP contribution in [0.2, 0.25) is 0 Å². The highest BCUT2D eigenvalue weighted by Crippen LogP contribution is 2.31. The lowest BCUT2D eigenvalue weighted by molar-refractivity contribution is -0.116. The maximum Gasteiger partial charge on any atom is 0.250 e. The van der Waals surface area contributed by atoms with E-state index in [1.165, 1.54) is 5.56 Å². The number of carbonyl (C=O) groups is 1. The lowest BCUT2D eigenvalue weighted by atomic mass is 10.1. The quantitative estimate of drug-likeness (QED) is 0.582. The summed E-state index contributed by atoms with van der Waals surface area (Å²) in [7, 11) is 0. The lowest BCUT2D eigenvalue weighted by Crippen LogP contribution is -1.94. The molecule has 0 N–H and O–H groups in total. The van der Waals surface area contributed by atoms with Gasteiger partial charge in [0.1, 0.15) is 0 Å². The Morgan fingerprint density at radius 3 is 3.00 bits per heavy atom. The van der Waals surface area contributed by atoms with Crippen molar-refractivity contribution in [1.82, 2.24) is 0 Å². The van der Waals surface area contributed by atoms with Crippen LogP contribution in [0, 0.1) is 0 Å². The number of hydrogen-bond donors (Lipinski definition) is 0. The molecule has 0 saturated heterocycles. The third-order valence-corrected chi connectivity index (χ3v) is 2.43. The van der Waals surface area contributed by atoms with E-state index in [-0.39, 0.29) is 5.91 Å². The molecule has 1 aliphatic carbocycles. The average molecular weight is 169 g/mol. The summed E-state index contributed by atoms with van der Waals surface area (Å²) < 4.78 is 0. The van der Waals surface area contributed by atoms with E-state index in [9.17, 15) is 4.79 Å². The Morgan fingerprint density at radius 1 is 1.23 bits per heavy atom. The monoisotopic (exact) mass is 169 g/mol. The highest BCUT2D eigenvalue weighted by atomic mass is 16.1. The van der Waals surface area contributed by atoms with Gasteiger partial charge in [0.2, 0.25) is 0 Å². The first-order chi connectivity index (χ1) is 6.34. The zero-order valence-corrected chi connectivity index (χ0v) is 6.95. The molecule has 0 spiro atoms. The Labute approximate surface area is 75.6 Å². The molecule has 0 bridgehead atoms. The van der Waals surface area contributed by atoms with Crippen LogP contribution < -0.4 is 0 Å². The van der Waals surface area contributed by atoms with Crippen molar-refractivity contribution in [1.29, 1.82) is 0 Å². The number of hydrogen-bond acceptors (Lipinski definition) is 1. The minimum Gasteiger partial charge on any atom is -0.272 e. The minimum absolute atomic E-state index is 0.0178. The molecule has 62 valence electrons. The first kappa shape index (κ1) is 6.78. The van der Waals surface area contributed by atoms with E-state index in [0.29, 0.717) is 6.42 Å². The lowest BCUT2D eigenvalue weighted by Gasteiger charge is -1.96. The van der Waals surface area contributed by atoms with Gasteiger partial charge in [-0.3, -0.25) is 4.79 Å². The number of benzene rings is 1. The molecule has 0 saturated carbocycles. The van der Waals surface area contributed by atoms with E-state index in [4.69, 9.17) is 0 Å². The van der Waals surface area contributed by atoms with Gasteiger partial charge in [-0.1, -0.05) is 24.3 Å². The fourth-order valence-electron chi connectivity index (χ4n) is 1.86. The molecule has 2 heteroatoms. The van der Waals surface area contributed by atoms with Crippen molar-refractivity contribution in [2.75, 3.05) is 0 Å². The summed E-state index contributed by atoms with van der Waals surface area (Å²) in [6.07, 6.45) is 2.53. The van der Waals surface area contributed by atoms with Gasteiger partial charge in [0.15, 0.2) is 0 Å². The van der Waals surface area contributed by atoms with Crippen molar-refractivity contribution in [3.63, 3.8) is 0 Å². The second-order valence-corrected chi connectivity index (χ2v) is 3.29. The van der Waals surface area contributed by atoms with Crippen LogP contribution in [-0.4, -0.2) is 11.6 Å². The Bertz CT molecular complexity index is 469. The summed E-state index contributed by atoms with van der Waals surface area (Å²) in [6, 6.07) is 8.03. The van der Waals surface area contributed by atoms with E-state index < -0.39 is 0 Å². The minimum atomic E-state index is -0.0178. The largest absolute Gasteiger partial charge is 0.272 e. The van der Waals surface area contributed by atoms with E-state index >= 15 is 0 Å². The van der Waals surface area contributed by atoms with Gasteiger partial charge in [-0.15, -0.1) is 0 Å². The van der Waals surface area contributed by atoms with Crippen LogP contribution in [0.3, 0.4) is 0 Å². The normalized spacial score (nSPS) is 18.0. The second kappa shape index (κ2) is 2.16. The third-order valence-electron chi connectivity index (χ3n) is 2.43. The van der Waals surface area contributed by atoms with Crippen LogP contribution >= 0.6 is 0 Å². The number of aliphatic imine (C=N–C) groups is 1. The molecule has 2 aliphatic rings. The van der Waals surface area contributed by atoms with E-state index in [1.54, 1.807) is 0 Å². The Morgan fingerprint density at radius 2 is 2.08 bits per heavy atom. The first-order valence-corrected chi connectivity index (χ1v) is 4.26. The molecule has 13 heavy (non-hydrogen) atoms. The van der Waals surface area contributed by atoms with Gasteiger partial charge in [-0.25, -0.2) is 4.99 Å². The van der Waals surface area contributed by atoms with Gasteiger partial charge in [-0.2, -0.15) is 0 Å². The molecule has 1 aromatic rings. The fourth-order valence-corrected chi connectivity index (χ4v) is 1.86. The van der Waals surface area contributed by atoms with Crippen LogP contribution in [0.1, 0.15) is 17.5 Å². The summed E-state index contributed by atoms with van der Waals surface area (Å²) in [4.78, 5) is 15.0. The molecule has 2 nitrogen and oxygen atoms in total. The van der Waals surface area contributed by atoms with Crippen LogP contribution in [0.5, 0.6) is 0 Å². The van der Waals surface area contributed by atoms with Crippen LogP contribution in [0.25, 0.3) is 6.08 Å². The van der Waals surface area contributed by atoms with Crippen LogP contribution in [0.4, 0.5) is 0 Å². The number of amides is 1. The highest BCUT2D eigenvalue weighted by Gasteiger charge is 2.27. The SMILES string of the molecule is O=C1CC2=Cc3ccccc3C2=N1. The maximum absolute atomic E-state index is 11.0. The smallest absolute Gasteiger partial charge is 0.250 e. The van der Waals surface area contributed by atoms with Gasteiger partial charge in [0.25, 0.3) is 5.91 Å². The third kappa shape index (κ3) is 0.827. The van der Waals surface area contributed by atoms with Gasteiger partial charge < -0.3 is 0 Å². The van der Waals surface area contributed by atoms with Gasteiger partial charge in [0, 0.05) is 5.56 Å². The molecule has 1 amide bonds.